The molecule has 0 fully saturated rings. The number of hydrogen-bond donors (Lipinski definition) is 1. The zero-order valence-electron chi connectivity index (χ0n) is 10.7. The number of halogens is 1. The second-order valence-electron chi connectivity index (χ2n) is 4.76. The van der Waals surface area contributed by atoms with E-state index in [0.717, 1.165) is 25.1 Å². The number of fused-ring (bicyclic) bond motifs is 1. The molecule has 0 radical (unpaired) electrons. The van der Waals surface area contributed by atoms with Crippen LogP contribution < -0.4 is 10.1 Å². The Labute approximate surface area is 112 Å². The van der Waals surface area contributed by atoms with Gasteiger partial charge in [-0.3, -0.25) is 0 Å². The van der Waals surface area contributed by atoms with Crippen molar-refractivity contribution in [2.45, 2.75) is 32.7 Å². The van der Waals surface area contributed by atoms with Crippen LogP contribution in [0.4, 0.5) is 0 Å². The maximum atomic E-state index is 5.51. The van der Waals surface area contributed by atoms with E-state index in [1.165, 1.54) is 15.6 Å². The summed E-state index contributed by atoms with van der Waals surface area (Å²) in [7, 11) is 1.75. The van der Waals surface area contributed by atoms with Crippen LogP contribution in [0.5, 0.6) is 5.75 Å². The highest BCUT2D eigenvalue weighted by molar-refractivity contribution is 9.10. The van der Waals surface area contributed by atoms with E-state index in [-0.39, 0.29) is 0 Å². The third-order valence-corrected chi connectivity index (χ3v) is 4.24. The summed E-state index contributed by atoms with van der Waals surface area (Å²) in [6.07, 6.45) is 2.28. The highest BCUT2D eigenvalue weighted by Gasteiger charge is 2.33. The summed E-state index contributed by atoms with van der Waals surface area (Å²) in [6.45, 7) is 5.56. The number of rotatable bonds is 4. The number of ether oxygens (including phenoxy) is 1. The molecule has 0 heterocycles. The van der Waals surface area contributed by atoms with E-state index in [1.54, 1.807) is 7.11 Å². The topological polar surface area (TPSA) is 21.3 Å². The molecule has 2 nitrogen and oxygen atoms in total. The first-order chi connectivity index (χ1) is 8.19. The molecule has 2 atom stereocenters. The van der Waals surface area contributed by atoms with Gasteiger partial charge in [-0.05, 0) is 43.0 Å². The fourth-order valence-electron chi connectivity index (χ4n) is 2.67. The largest absolute Gasteiger partial charge is 0.496 e. The van der Waals surface area contributed by atoms with Gasteiger partial charge in [-0.15, -0.1) is 0 Å². The first kappa shape index (κ1) is 12.9. The summed E-state index contributed by atoms with van der Waals surface area (Å²) in [4.78, 5) is 0. The Morgan fingerprint density at radius 1 is 1.47 bits per heavy atom. The van der Waals surface area contributed by atoms with Crippen LogP contribution in [0.3, 0.4) is 0 Å². The summed E-state index contributed by atoms with van der Waals surface area (Å²) in [5.74, 6) is 1.64. The summed E-state index contributed by atoms with van der Waals surface area (Å²) in [6, 6.07) is 4.58. The van der Waals surface area contributed by atoms with Gasteiger partial charge in [0.1, 0.15) is 5.75 Å². The Hall–Kier alpha value is -0.540. The molecule has 0 saturated heterocycles. The van der Waals surface area contributed by atoms with Gasteiger partial charge < -0.3 is 10.1 Å². The lowest BCUT2D eigenvalue weighted by Gasteiger charge is -2.20. The van der Waals surface area contributed by atoms with E-state index >= 15 is 0 Å². The van der Waals surface area contributed by atoms with Gasteiger partial charge in [0.2, 0.25) is 0 Å². The molecule has 1 N–H and O–H groups in total. The van der Waals surface area contributed by atoms with Crippen molar-refractivity contribution in [1.82, 2.24) is 5.32 Å². The van der Waals surface area contributed by atoms with Crippen LogP contribution >= 0.6 is 15.9 Å². The molecule has 0 bridgehead atoms. The number of methoxy groups -OCH3 is 1. The van der Waals surface area contributed by atoms with Crippen molar-refractivity contribution in [1.29, 1.82) is 0 Å². The maximum Gasteiger partial charge on any atom is 0.123 e. The fraction of sp³-hybridized carbons (Fsp3) is 0.571. The molecule has 1 aromatic carbocycles. The minimum atomic E-state index is 0.428. The monoisotopic (exact) mass is 297 g/mol. The molecule has 1 aromatic rings. The van der Waals surface area contributed by atoms with Crippen LogP contribution in [0.1, 0.15) is 37.4 Å². The first-order valence-electron chi connectivity index (χ1n) is 6.27. The maximum absolute atomic E-state index is 5.51. The van der Waals surface area contributed by atoms with E-state index in [1.807, 2.05) is 0 Å². The SMILES string of the molecule is CCCNC1c2c(OC)ccc(Br)c2CC1C. The molecule has 2 rings (SSSR count). The van der Waals surface area contributed by atoms with E-state index in [2.05, 4.69) is 47.2 Å². The van der Waals surface area contributed by atoms with Crippen LogP contribution in [0.25, 0.3) is 0 Å². The van der Waals surface area contributed by atoms with Crippen LogP contribution in [0.2, 0.25) is 0 Å². The highest BCUT2D eigenvalue weighted by Crippen LogP contribution is 2.44. The second kappa shape index (κ2) is 5.40. The van der Waals surface area contributed by atoms with Crippen LogP contribution in [0.15, 0.2) is 16.6 Å². The van der Waals surface area contributed by atoms with E-state index in [0.29, 0.717) is 12.0 Å². The molecule has 1 aliphatic rings. The van der Waals surface area contributed by atoms with E-state index in [4.69, 9.17) is 4.74 Å². The third kappa shape index (κ3) is 2.36. The fourth-order valence-corrected chi connectivity index (χ4v) is 3.18. The Morgan fingerprint density at radius 3 is 2.88 bits per heavy atom. The summed E-state index contributed by atoms with van der Waals surface area (Å²) in [5, 5.41) is 3.64. The van der Waals surface area contributed by atoms with E-state index < -0.39 is 0 Å². The molecule has 94 valence electrons. The predicted molar refractivity (Wildman–Crippen MR) is 74.6 cm³/mol. The van der Waals surface area contributed by atoms with Gasteiger partial charge in [-0.2, -0.15) is 0 Å². The third-order valence-electron chi connectivity index (χ3n) is 3.50. The van der Waals surface area contributed by atoms with Crippen molar-refractivity contribution in [3.63, 3.8) is 0 Å². The standard InChI is InChI=1S/C14H20BrNO/c1-4-7-16-14-9(2)8-10-11(15)5-6-12(17-3)13(10)14/h5-6,9,14,16H,4,7-8H2,1-3H3. The van der Waals surface area contributed by atoms with Crippen molar-refractivity contribution in [3.8, 4) is 5.75 Å². The lowest BCUT2D eigenvalue weighted by Crippen LogP contribution is -2.25. The minimum Gasteiger partial charge on any atom is -0.496 e. The summed E-state index contributed by atoms with van der Waals surface area (Å²) >= 11 is 3.65. The van der Waals surface area contributed by atoms with Gasteiger partial charge in [0.15, 0.2) is 0 Å². The molecule has 0 aliphatic heterocycles. The lowest BCUT2D eigenvalue weighted by atomic mass is 10.0. The Morgan fingerprint density at radius 2 is 2.24 bits per heavy atom. The average molecular weight is 298 g/mol. The normalized spacial score (nSPS) is 22.6. The molecule has 0 aromatic heterocycles. The predicted octanol–water partition coefficient (Wildman–Crippen LogP) is 3.69. The molecular weight excluding hydrogens is 278 g/mol. The summed E-state index contributed by atoms with van der Waals surface area (Å²) < 4.78 is 6.72. The molecule has 2 unspecified atom stereocenters. The molecular formula is C14H20BrNO. The van der Waals surface area contributed by atoms with Gasteiger partial charge in [-0.1, -0.05) is 29.8 Å². The van der Waals surface area contributed by atoms with Crippen molar-refractivity contribution in [2.24, 2.45) is 5.92 Å². The molecule has 3 heteroatoms. The quantitative estimate of drug-likeness (QED) is 0.915. The van der Waals surface area contributed by atoms with Gasteiger partial charge in [0.05, 0.1) is 7.11 Å². The van der Waals surface area contributed by atoms with Gasteiger partial charge in [-0.25, -0.2) is 0 Å². The molecule has 0 amide bonds. The van der Waals surface area contributed by atoms with Crippen LogP contribution in [0, 0.1) is 5.92 Å². The molecule has 0 spiro atoms. The smallest absolute Gasteiger partial charge is 0.123 e. The van der Waals surface area contributed by atoms with E-state index in [9.17, 15) is 0 Å². The summed E-state index contributed by atoms with van der Waals surface area (Å²) in [5.41, 5.74) is 2.76. The van der Waals surface area contributed by atoms with Crippen molar-refractivity contribution >= 4 is 15.9 Å². The lowest BCUT2D eigenvalue weighted by molar-refractivity contribution is 0.379. The highest BCUT2D eigenvalue weighted by atomic mass is 79.9. The minimum absolute atomic E-state index is 0.428. The number of benzene rings is 1. The Balaban J connectivity index is 2.38. The van der Waals surface area contributed by atoms with Crippen LogP contribution in [-0.4, -0.2) is 13.7 Å². The zero-order chi connectivity index (χ0) is 12.4. The molecule has 17 heavy (non-hydrogen) atoms. The van der Waals surface area contributed by atoms with Crippen LogP contribution in [-0.2, 0) is 6.42 Å². The van der Waals surface area contributed by atoms with Crippen molar-refractivity contribution in [2.75, 3.05) is 13.7 Å². The average Bonchev–Trinajstić information content (AvgIpc) is 2.65. The molecule has 0 saturated carbocycles. The number of nitrogens with one attached hydrogen (secondary N) is 1. The second-order valence-corrected chi connectivity index (χ2v) is 5.61. The van der Waals surface area contributed by atoms with Gasteiger partial charge >= 0.3 is 0 Å². The van der Waals surface area contributed by atoms with Gasteiger partial charge in [0.25, 0.3) is 0 Å². The Kier molecular flexibility index (Phi) is 4.10. The van der Waals surface area contributed by atoms with Crippen molar-refractivity contribution < 1.29 is 4.74 Å². The molecule has 1 aliphatic carbocycles. The zero-order valence-corrected chi connectivity index (χ0v) is 12.3. The first-order valence-corrected chi connectivity index (χ1v) is 7.07. The van der Waals surface area contributed by atoms with Gasteiger partial charge in [0, 0.05) is 16.1 Å². The van der Waals surface area contributed by atoms with Crippen molar-refractivity contribution in [3.05, 3.63) is 27.7 Å². The Bertz CT molecular complexity index is 405. The number of hydrogen-bond acceptors (Lipinski definition) is 2.